The van der Waals surface area contributed by atoms with Crippen molar-refractivity contribution in [2.45, 2.75) is 33.1 Å². The van der Waals surface area contributed by atoms with Gasteiger partial charge in [-0.05, 0) is 86.2 Å². The number of ether oxygens (including phenoxy) is 1. The van der Waals surface area contributed by atoms with E-state index in [4.69, 9.17) is 4.74 Å². The SMILES string of the molecule is Cc1cc(-c2ccc(Oc3ccc(F)c4c3CCC4)c(F)c2)cc(C)n1. The van der Waals surface area contributed by atoms with Crippen molar-refractivity contribution in [2.75, 3.05) is 0 Å². The highest BCUT2D eigenvalue weighted by Crippen LogP contribution is 2.36. The van der Waals surface area contributed by atoms with E-state index in [9.17, 15) is 8.78 Å². The van der Waals surface area contributed by atoms with E-state index in [1.807, 2.05) is 32.0 Å². The van der Waals surface area contributed by atoms with E-state index in [1.165, 1.54) is 12.1 Å². The molecule has 26 heavy (non-hydrogen) atoms. The van der Waals surface area contributed by atoms with E-state index in [-0.39, 0.29) is 11.6 Å². The van der Waals surface area contributed by atoms with Crippen molar-refractivity contribution < 1.29 is 13.5 Å². The van der Waals surface area contributed by atoms with Crippen LogP contribution in [-0.4, -0.2) is 4.98 Å². The third-order valence-corrected chi connectivity index (χ3v) is 4.75. The van der Waals surface area contributed by atoms with Crippen molar-refractivity contribution in [3.8, 4) is 22.6 Å². The second-order valence-corrected chi connectivity index (χ2v) is 6.74. The molecule has 1 aromatic heterocycles. The highest BCUT2D eigenvalue weighted by atomic mass is 19.1. The minimum absolute atomic E-state index is 0.150. The zero-order valence-electron chi connectivity index (χ0n) is 14.8. The van der Waals surface area contributed by atoms with E-state index < -0.39 is 5.82 Å². The van der Waals surface area contributed by atoms with Crippen LogP contribution >= 0.6 is 0 Å². The lowest BCUT2D eigenvalue weighted by Crippen LogP contribution is -1.96. The Morgan fingerprint density at radius 2 is 1.46 bits per heavy atom. The molecule has 4 rings (SSSR count). The van der Waals surface area contributed by atoms with E-state index in [0.717, 1.165) is 40.9 Å². The fourth-order valence-electron chi connectivity index (χ4n) is 3.61. The van der Waals surface area contributed by atoms with E-state index in [1.54, 1.807) is 12.1 Å². The van der Waals surface area contributed by atoms with Gasteiger partial charge in [-0.2, -0.15) is 0 Å². The van der Waals surface area contributed by atoms with Crippen LogP contribution < -0.4 is 4.74 Å². The molecule has 0 atom stereocenters. The molecular weight excluding hydrogens is 332 g/mol. The number of rotatable bonds is 3. The van der Waals surface area contributed by atoms with Gasteiger partial charge in [0.2, 0.25) is 0 Å². The Bertz CT molecular complexity index is 977. The van der Waals surface area contributed by atoms with Crippen LogP contribution in [0.4, 0.5) is 8.78 Å². The topological polar surface area (TPSA) is 22.1 Å². The predicted molar refractivity (Wildman–Crippen MR) is 97.6 cm³/mol. The Labute approximate surface area is 151 Å². The van der Waals surface area contributed by atoms with Crippen LogP contribution in [0.25, 0.3) is 11.1 Å². The summed E-state index contributed by atoms with van der Waals surface area (Å²) in [6.45, 7) is 3.83. The van der Waals surface area contributed by atoms with Gasteiger partial charge in [-0.25, -0.2) is 8.78 Å². The van der Waals surface area contributed by atoms with Gasteiger partial charge in [0.15, 0.2) is 11.6 Å². The number of nitrogens with zero attached hydrogens (tertiary/aromatic N) is 1. The van der Waals surface area contributed by atoms with Gasteiger partial charge in [-0.3, -0.25) is 4.98 Å². The van der Waals surface area contributed by atoms with Crippen molar-refractivity contribution in [3.63, 3.8) is 0 Å². The zero-order chi connectivity index (χ0) is 18.3. The molecule has 4 heteroatoms. The molecule has 3 aromatic rings. The number of fused-ring (bicyclic) bond motifs is 1. The van der Waals surface area contributed by atoms with Gasteiger partial charge in [0, 0.05) is 17.0 Å². The van der Waals surface area contributed by atoms with Crippen LogP contribution in [0.2, 0.25) is 0 Å². The zero-order valence-corrected chi connectivity index (χ0v) is 14.8. The molecule has 2 nitrogen and oxygen atoms in total. The third-order valence-electron chi connectivity index (χ3n) is 4.75. The number of hydrogen-bond donors (Lipinski definition) is 0. The first-order valence-corrected chi connectivity index (χ1v) is 8.74. The Hall–Kier alpha value is -2.75. The lowest BCUT2D eigenvalue weighted by molar-refractivity contribution is 0.437. The molecular formula is C22H19F2NO. The summed E-state index contributed by atoms with van der Waals surface area (Å²) < 4.78 is 34.3. The number of halogens is 2. The summed E-state index contributed by atoms with van der Waals surface area (Å²) in [5.74, 6) is 0.0490. The highest BCUT2D eigenvalue weighted by molar-refractivity contribution is 5.65. The van der Waals surface area contributed by atoms with Crippen LogP contribution in [0.1, 0.15) is 28.9 Å². The Kier molecular flexibility index (Phi) is 4.19. The maximum absolute atomic E-state index is 14.6. The number of aromatic nitrogens is 1. The molecule has 0 unspecified atom stereocenters. The number of benzene rings is 2. The van der Waals surface area contributed by atoms with Gasteiger partial charge in [0.1, 0.15) is 11.6 Å². The molecule has 0 radical (unpaired) electrons. The second-order valence-electron chi connectivity index (χ2n) is 6.74. The molecule has 2 aromatic carbocycles. The monoisotopic (exact) mass is 351 g/mol. The molecule has 0 fully saturated rings. The molecule has 1 aliphatic rings. The lowest BCUT2D eigenvalue weighted by Gasteiger charge is -2.13. The second kappa shape index (κ2) is 6.52. The molecule has 0 aliphatic heterocycles. The first-order chi connectivity index (χ1) is 12.5. The van der Waals surface area contributed by atoms with Crippen LogP contribution in [-0.2, 0) is 12.8 Å². The average molecular weight is 351 g/mol. The molecule has 0 saturated heterocycles. The van der Waals surface area contributed by atoms with Crippen molar-refractivity contribution >= 4 is 0 Å². The van der Waals surface area contributed by atoms with Crippen LogP contribution in [0.15, 0.2) is 42.5 Å². The summed E-state index contributed by atoms with van der Waals surface area (Å²) in [7, 11) is 0. The normalized spacial score (nSPS) is 12.9. The van der Waals surface area contributed by atoms with Gasteiger partial charge in [0.05, 0.1) is 0 Å². The van der Waals surface area contributed by atoms with Gasteiger partial charge >= 0.3 is 0 Å². The maximum Gasteiger partial charge on any atom is 0.166 e. The van der Waals surface area contributed by atoms with Crippen molar-refractivity contribution in [3.05, 3.63) is 76.6 Å². The largest absolute Gasteiger partial charge is 0.454 e. The molecule has 0 spiro atoms. The quantitative estimate of drug-likeness (QED) is 0.584. The van der Waals surface area contributed by atoms with Crippen LogP contribution in [0.3, 0.4) is 0 Å². The minimum atomic E-state index is -0.439. The molecule has 0 saturated carbocycles. The first-order valence-electron chi connectivity index (χ1n) is 8.74. The minimum Gasteiger partial charge on any atom is -0.454 e. The van der Waals surface area contributed by atoms with E-state index >= 15 is 0 Å². The van der Waals surface area contributed by atoms with E-state index in [2.05, 4.69) is 4.98 Å². The Balaban J connectivity index is 1.66. The van der Waals surface area contributed by atoms with Crippen molar-refractivity contribution in [1.82, 2.24) is 4.98 Å². The van der Waals surface area contributed by atoms with Gasteiger partial charge in [-0.15, -0.1) is 0 Å². The summed E-state index contributed by atoms with van der Waals surface area (Å²) >= 11 is 0. The summed E-state index contributed by atoms with van der Waals surface area (Å²) in [5.41, 5.74) is 5.03. The Morgan fingerprint density at radius 3 is 2.19 bits per heavy atom. The lowest BCUT2D eigenvalue weighted by atomic mass is 10.0. The predicted octanol–water partition coefficient (Wildman–Crippen LogP) is 5.92. The fraction of sp³-hybridized carbons (Fsp3) is 0.227. The number of pyridine rings is 1. The molecule has 1 aliphatic carbocycles. The summed E-state index contributed by atoms with van der Waals surface area (Å²) in [5, 5.41) is 0. The fourth-order valence-corrected chi connectivity index (χ4v) is 3.61. The van der Waals surface area contributed by atoms with Crippen molar-refractivity contribution in [1.29, 1.82) is 0 Å². The molecule has 1 heterocycles. The smallest absolute Gasteiger partial charge is 0.166 e. The summed E-state index contributed by atoms with van der Waals surface area (Å²) in [4.78, 5) is 4.35. The van der Waals surface area contributed by atoms with Gasteiger partial charge < -0.3 is 4.74 Å². The van der Waals surface area contributed by atoms with Crippen molar-refractivity contribution in [2.24, 2.45) is 0 Å². The van der Waals surface area contributed by atoms with Gasteiger partial charge in [0.25, 0.3) is 0 Å². The highest BCUT2D eigenvalue weighted by Gasteiger charge is 2.20. The average Bonchev–Trinajstić information content (AvgIpc) is 3.09. The molecule has 0 N–H and O–H groups in total. The van der Waals surface area contributed by atoms with E-state index in [0.29, 0.717) is 17.7 Å². The Morgan fingerprint density at radius 1 is 0.769 bits per heavy atom. The van der Waals surface area contributed by atoms with Crippen LogP contribution in [0, 0.1) is 25.5 Å². The molecule has 132 valence electrons. The third kappa shape index (κ3) is 3.07. The summed E-state index contributed by atoms with van der Waals surface area (Å²) in [6.07, 6.45) is 2.37. The molecule has 0 bridgehead atoms. The van der Waals surface area contributed by atoms with Crippen LogP contribution in [0.5, 0.6) is 11.5 Å². The maximum atomic E-state index is 14.6. The number of hydrogen-bond acceptors (Lipinski definition) is 2. The number of aryl methyl sites for hydroxylation is 2. The first kappa shape index (κ1) is 16.7. The van der Waals surface area contributed by atoms with Gasteiger partial charge in [-0.1, -0.05) is 6.07 Å². The molecule has 0 amide bonds. The standard InChI is InChI=1S/C22H19F2NO/c1-13-10-16(11-14(2)25-13)15-6-8-22(20(24)12-15)26-21-9-7-19(23)17-4-3-5-18(17)21/h6-12H,3-5H2,1-2H3. The summed E-state index contributed by atoms with van der Waals surface area (Å²) in [6, 6.07) is 11.8.